The van der Waals surface area contributed by atoms with Gasteiger partial charge < -0.3 is 14.6 Å². The molecule has 2 atom stereocenters. The van der Waals surface area contributed by atoms with Crippen LogP contribution in [0.25, 0.3) is 0 Å². The summed E-state index contributed by atoms with van der Waals surface area (Å²) in [4.78, 5) is 10.9. The molecular weight excluding hydrogens is 220 g/mol. The second kappa shape index (κ2) is 5.80. The Labute approximate surface area is 100 Å². The molecule has 0 spiro atoms. The zero-order valence-corrected chi connectivity index (χ0v) is 9.54. The highest BCUT2D eigenvalue weighted by Crippen LogP contribution is 2.17. The lowest BCUT2D eigenvalue weighted by Gasteiger charge is -2.12. The van der Waals surface area contributed by atoms with Crippen molar-refractivity contribution < 1.29 is 19.4 Å². The summed E-state index contributed by atoms with van der Waals surface area (Å²) in [6.07, 6.45) is -0.440. The summed E-state index contributed by atoms with van der Waals surface area (Å²) in [5.41, 5.74) is 1.11. The van der Waals surface area contributed by atoms with Crippen LogP contribution in [0.1, 0.15) is 18.4 Å². The first-order valence-corrected chi connectivity index (χ1v) is 5.75. The van der Waals surface area contributed by atoms with Crippen molar-refractivity contribution in [2.75, 3.05) is 6.61 Å². The van der Waals surface area contributed by atoms with Crippen LogP contribution in [0.4, 0.5) is 0 Å². The molecule has 0 bridgehead atoms. The van der Waals surface area contributed by atoms with E-state index in [1.54, 1.807) is 0 Å². The molecule has 0 saturated carbocycles. The van der Waals surface area contributed by atoms with Gasteiger partial charge in [-0.1, -0.05) is 30.3 Å². The monoisotopic (exact) mass is 236 g/mol. The lowest BCUT2D eigenvalue weighted by atomic mass is 10.1. The summed E-state index contributed by atoms with van der Waals surface area (Å²) in [5, 5.41) is 9.47. The number of hydrogen-bond acceptors (Lipinski definition) is 4. The molecule has 92 valence electrons. The van der Waals surface area contributed by atoms with E-state index in [0.717, 1.165) is 5.56 Å². The van der Waals surface area contributed by atoms with Crippen LogP contribution in [0.3, 0.4) is 0 Å². The first-order valence-electron chi connectivity index (χ1n) is 5.75. The molecule has 1 aliphatic heterocycles. The van der Waals surface area contributed by atoms with Crippen molar-refractivity contribution in [3.63, 3.8) is 0 Å². The number of benzene rings is 1. The lowest BCUT2D eigenvalue weighted by Crippen LogP contribution is -2.22. The van der Waals surface area contributed by atoms with Crippen LogP contribution >= 0.6 is 0 Å². The molecule has 1 N–H and O–H groups in total. The SMILES string of the molecule is O=C1C[C@H](O)[C@H](CCOCc2ccccc2)O1. The summed E-state index contributed by atoms with van der Waals surface area (Å²) in [5.74, 6) is -0.328. The van der Waals surface area contributed by atoms with Crippen molar-refractivity contribution in [1.29, 1.82) is 0 Å². The first kappa shape index (κ1) is 12.1. The largest absolute Gasteiger partial charge is 0.459 e. The van der Waals surface area contributed by atoms with Crippen molar-refractivity contribution in [1.82, 2.24) is 0 Å². The van der Waals surface area contributed by atoms with E-state index in [-0.39, 0.29) is 12.4 Å². The molecule has 1 saturated heterocycles. The van der Waals surface area contributed by atoms with Gasteiger partial charge in [0, 0.05) is 6.42 Å². The Morgan fingerprint density at radius 1 is 1.35 bits per heavy atom. The molecule has 1 heterocycles. The van der Waals surface area contributed by atoms with Gasteiger partial charge in [-0.2, -0.15) is 0 Å². The fraction of sp³-hybridized carbons (Fsp3) is 0.462. The minimum atomic E-state index is -0.678. The zero-order valence-electron chi connectivity index (χ0n) is 9.54. The van der Waals surface area contributed by atoms with Crippen molar-refractivity contribution >= 4 is 5.97 Å². The lowest BCUT2D eigenvalue weighted by molar-refractivity contribution is -0.142. The number of hydrogen-bond donors (Lipinski definition) is 1. The molecule has 4 nitrogen and oxygen atoms in total. The van der Waals surface area contributed by atoms with Crippen molar-refractivity contribution in [2.45, 2.75) is 31.7 Å². The number of carbonyl (C=O) groups is 1. The van der Waals surface area contributed by atoms with Gasteiger partial charge in [-0.15, -0.1) is 0 Å². The maximum absolute atomic E-state index is 10.9. The summed E-state index contributed by atoms with van der Waals surface area (Å²) in [6, 6.07) is 9.86. The summed E-state index contributed by atoms with van der Waals surface area (Å²) in [6.45, 7) is 1.02. The smallest absolute Gasteiger partial charge is 0.308 e. The Hall–Kier alpha value is -1.39. The molecule has 1 aliphatic rings. The Balaban J connectivity index is 1.65. The zero-order chi connectivity index (χ0) is 12.1. The third-order valence-electron chi connectivity index (χ3n) is 2.75. The summed E-state index contributed by atoms with van der Waals surface area (Å²) in [7, 11) is 0. The number of carbonyl (C=O) groups excluding carboxylic acids is 1. The van der Waals surface area contributed by atoms with E-state index in [2.05, 4.69) is 0 Å². The predicted molar refractivity (Wildman–Crippen MR) is 61.2 cm³/mol. The number of rotatable bonds is 5. The Kier molecular flexibility index (Phi) is 4.12. The van der Waals surface area contributed by atoms with E-state index in [9.17, 15) is 9.90 Å². The molecule has 1 aromatic rings. The van der Waals surface area contributed by atoms with Gasteiger partial charge in [0.2, 0.25) is 0 Å². The molecule has 0 aliphatic carbocycles. The van der Waals surface area contributed by atoms with E-state index in [0.29, 0.717) is 19.6 Å². The van der Waals surface area contributed by atoms with Gasteiger partial charge in [0.15, 0.2) is 0 Å². The van der Waals surface area contributed by atoms with Crippen LogP contribution in [-0.2, 0) is 20.9 Å². The van der Waals surface area contributed by atoms with Gasteiger partial charge in [-0.25, -0.2) is 0 Å². The average molecular weight is 236 g/mol. The fourth-order valence-corrected chi connectivity index (χ4v) is 1.81. The van der Waals surface area contributed by atoms with Crippen molar-refractivity contribution in [3.05, 3.63) is 35.9 Å². The van der Waals surface area contributed by atoms with Crippen molar-refractivity contribution in [2.24, 2.45) is 0 Å². The van der Waals surface area contributed by atoms with E-state index >= 15 is 0 Å². The fourth-order valence-electron chi connectivity index (χ4n) is 1.81. The number of cyclic esters (lactones) is 1. The van der Waals surface area contributed by atoms with Gasteiger partial charge >= 0.3 is 5.97 Å². The summed E-state index contributed by atoms with van der Waals surface area (Å²) < 4.78 is 10.4. The second-order valence-corrected chi connectivity index (χ2v) is 4.13. The van der Waals surface area contributed by atoms with Crippen LogP contribution < -0.4 is 0 Å². The standard InChI is InChI=1S/C13H16O4/c14-11-8-13(15)17-12(11)6-7-16-9-10-4-2-1-3-5-10/h1-5,11-12,14H,6-9H2/t11-,12-/m0/s1. The molecule has 0 unspecified atom stereocenters. The average Bonchev–Trinajstić information content (AvgIpc) is 2.65. The van der Waals surface area contributed by atoms with Crippen LogP contribution in [-0.4, -0.2) is 29.9 Å². The molecule has 1 fully saturated rings. The van der Waals surface area contributed by atoms with Crippen LogP contribution in [0, 0.1) is 0 Å². The Morgan fingerprint density at radius 3 is 2.76 bits per heavy atom. The van der Waals surface area contributed by atoms with E-state index in [4.69, 9.17) is 9.47 Å². The van der Waals surface area contributed by atoms with Gasteiger partial charge in [0.1, 0.15) is 12.2 Å². The van der Waals surface area contributed by atoms with Gasteiger partial charge in [0.25, 0.3) is 0 Å². The minimum absolute atomic E-state index is 0.101. The molecule has 0 radical (unpaired) electrons. The highest BCUT2D eigenvalue weighted by Gasteiger charge is 2.32. The topological polar surface area (TPSA) is 55.8 Å². The first-order chi connectivity index (χ1) is 8.25. The molecular formula is C13H16O4. The quantitative estimate of drug-likeness (QED) is 0.618. The van der Waals surface area contributed by atoms with Crippen LogP contribution in [0.5, 0.6) is 0 Å². The number of ether oxygens (including phenoxy) is 2. The van der Waals surface area contributed by atoms with E-state index < -0.39 is 12.2 Å². The third-order valence-corrected chi connectivity index (χ3v) is 2.75. The van der Waals surface area contributed by atoms with Crippen LogP contribution in [0.2, 0.25) is 0 Å². The van der Waals surface area contributed by atoms with Crippen LogP contribution in [0.15, 0.2) is 30.3 Å². The molecule has 1 aromatic carbocycles. The predicted octanol–water partition coefficient (Wildman–Crippen LogP) is 1.27. The highest BCUT2D eigenvalue weighted by molar-refractivity contribution is 5.72. The van der Waals surface area contributed by atoms with Gasteiger partial charge in [-0.05, 0) is 5.56 Å². The molecule has 0 aromatic heterocycles. The van der Waals surface area contributed by atoms with Crippen molar-refractivity contribution in [3.8, 4) is 0 Å². The molecule has 4 heteroatoms. The maximum Gasteiger partial charge on any atom is 0.308 e. The van der Waals surface area contributed by atoms with Gasteiger partial charge in [0.05, 0.1) is 19.6 Å². The summed E-state index contributed by atoms with van der Waals surface area (Å²) >= 11 is 0. The maximum atomic E-state index is 10.9. The molecule has 17 heavy (non-hydrogen) atoms. The second-order valence-electron chi connectivity index (χ2n) is 4.13. The Bertz CT molecular complexity index is 363. The molecule has 0 amide bonds. The molecule has 2 rings (SSSR count). The normalized spacial score (nSPS) is 23.7. The number of aliphatic hydroxyl groups excluding tert-OH is 1. The number of aliphatic hydroxyl groups is 1. The minimum Gasteiger partial charge on any atom is -0.459 e. The third kappa shape index (κ3) is 3.54. The van der Waals surface area contributed by atoms with E-state index in [1.807, 2.05) is 30.3 Å². The number of esters is 1. The van der Waals surface area contributed by atoms with E-state index in [1.165, 1.54) is 0 Å². The Morgan fingerprint density at radius 2 is 2.12 bits per heavy atom. The van der Waals surface area contributed by atoms with Gasteiger partial charge in [-0.3, -0.25) is 4.79 Å². The highest BCUT2D eigenvalue weighted by atomic mass is 16.6.